The highest BCUT2D eigenvalue weighted by Crippen LogP contribution is 2.49. The van der Waals surface area contributed by atoms with Crippen LogP contribution in [0.5, 0.6) is 0 Å². The lowest BCUT2D eigenvalue weighted by molar-refractivity contribution is 0.194. The van der Waals surface area contributed by atoms with Crippen LogP contribution in [0.1, 0.15) is 45.1 Å². The van der Waals surface area contributed by atoms with Crippen LogP contribution < -0.4 is 4.72 Å². The molecule has 0 fully saturated rings. The lowest BCUT2D eigenvalue weighted by Gasteiger charge is -2.17. The van der Waals surface area contributed by atoms with Gasteiger partial charge in [0.1, 0.15) is 0 Å². The summed E-state index contributed by atoms with van der Waals surface area (Å²) in [5, 5.41) is 0. The van der Waals surface area contributed by atoms with Crippen LogP contribution in [0.3, 0.4) is 0 Å². The van der Waals surface area contributed by atoms with Crippen molar-refractivity contribution in [1.82, 2.24) is 4.72 Å². The van der Waals surface area contributed by atoms with Crippen LogP contribution in [0.15, 0.2) is 29.2 Å². The Bertz CT molecular complexity index is 688. The molecule has 0 unspecified atom stereocenters. The molecular formula is C16H26NO6PS. The first-order valence-electron chi connectivity index (χ1n) is 8.28. The fourth-order valence-corrected chi connectivity index (χ4v) is 4.46. The van der Waals surface area contributed by atoms with Crippen LogP contribution in [0, 0.1) is 6.92 Å². The van der Waals surface area contributed by atoms with Crippen molar-refractivity contribution in [2.45, 2.75) is 51.3 Å². The molecule has 0 saturated heterocycles. The van der Waals surface area contributed by atoms with Gasteiger partial charge in [-0.2, -0.15) is 0 Å². The van der Waals surface area contributed by atoms with E-state index in [0.29, 0.717) is 12.8 Å². The van der Waals surface area contributed by atoms with E-state index < -0.39 is 23.3 Å². The standard InChI is InChI=1S/C16H26NO6PS/c1-4-6-12-22-24(19,23-13-7-5-2)16(18)17-25(20,21)15-10-8-14(3)9-11-15/h8-11H,4-7,12-13H2,1-3H3,(H,17,18). The van der Waals surface area contributed by atoms with Crippen LogP contribution in [-0.2, 0) is 23.6 Å². The van der Waals surface area contributed by atoms with Crippen molar-refractivity contribution in [2.75, 3.05) is 13.2 Å². The summed E-state index contributed by atoms with van der Waals surface area (Å²) in [6.07, 6.45) is 2.72. The first kappa shape index (κ1) is 21.8. The van der Waals surface area contributed by atoms with Gasteiger partial charge in [-0.25, -0.2) is 17.7 Å². The number of benzene rings is 1. The van der Waals surface area contributed by atoms with Crippen molar-refractivity contribution in [1.29, 1.82) is 0 Å². The highest BCUT2D eigenvalue weighted by molar-refractivity contribution is 7.91. The predicted octanol–water partition coefficient (Wildman–Crippen LogP) is 4.22. The second kappa shape index (κ2) is 10.1. The summed E-state index contributed by atoms with van der Waals surface area (Å²) in [5.41, 5.74) is -0.387. The molecule has 0 heterocycles. The molecule has 1 aromatic rings. The Morgan fingerprint density at radius 1 is 1.04 bits per heavy atom. The molecule has 0 saturated carbocycles. The van der Waals surface area contributed by atoms with Gasteiger partial charge >= 0.3 is 13.2 Å². The zero-order chi connectivity index (χ0) is 18.9. The molecule has 0 aromatic heterocycles. The van der Waals surface area contributed by atoms with E-state index in [1.807, 2.05) is 20.8 Å². The van der Waals surface area contributed by atoms with E-state index in [-0.39, 0.29) is 18.1 Å². The minimum Gasteiger partial charge on any atom is -0.302 e. The Kier molecular flexibility index (Phi) is 8.79. The molecule has 1 aromatic carbocycles. The quantitative estimate of drug-likeness (QED) is 0.448. The number of unbranched alkanes of at least 4 members (excludes halogenated alkanes) is 2. The number of aryl methyl sites for hydroxylation is 1. The number of sulfonamides is 1. The summed E-state index contributed by atoms with van der Waals surface area (Å²) in [6, 6.07) is 5.94. The average molecular weight is 391 g/mol. The van der Waals surface area contributed by atoms with Gasteiger partial charge in [-0.3, -0.25) is 4.79 Å². The van der Waals surface area contributed by atoms with Gasteiger partial charge in [0.05, 0.1) is 18.1 Å². The number of hydrogen-bond donors (Lipinski definition) is 1. The summed E-state index contributed by atoms with van der Waals surface area (Å²) < 4.78 is 49.4. The van der Waals surface area contributed by atoms with Crippen molar-refractivity contribution in [3.8, 4) is 0 Å². The summed E-state index contributed by atoms with van der Waals surface area (Å²) in [5.74, 6) is 0. The summed E-state index contributed by atoms with van der Waals surface area (Å²) in [6.45, 7) is 5.74. The van der Waals surface area contributed by atoms with Crippen LogP contribution in [0.2, 0.25) is 0 Å². The van der Waals surface area contributed by atoms with Crippen LogP contribution in [0.25, 0.3) is 0 Å². The Balaban J connectivity index is 2.91. The second-order valence-corrected chi connectivity index (χ2v) is 9.19. The Morgan fingerprint density at radius 2 is 1.52 bits per heavy atom. The number of hydrogen-bond acceptors (Lipinski definition) is 6. The largest absolute Gasteiger partial charge is 0.419 e. The van der Waals surface area contributed by atoms with Gasteiger partial charge in [-0.05, 0) is 31.9 Å². The molecule has 0 aliphatic rings. The lowest BCUT2D eigenvalue weighted by atomic mass is 10.2. The normalized spacial score (nSPS) is 12.1. The van der Waals surface area contributed by atoms with Gasteiger partial charge < -0.3 is 9.05 Å². The zero-order valence-corrected chi connectivity index (χ0v) is 16.6. The highest BCUT2D eigenvalue weighted by atomic mass is 32.2. The number of carbonyl (C=O) groups is 1. The second-order valence-electron chi connectivity index (χ2n) is 5.59. The lowest BCUT2D eigenvalue weighted by Crippen LogP contribution is -2.30. The molecule has 7 nitrogen and oxygen atoms in total. The number of amides is 1. The van der Waals surface area contributed by atoms with E-state index >= 15 is 0 Å². The van der Waals surface area contributed by atoms with Crippen LogP contribution in [-0.4, -0.2) is 27.3 Å². The minimum absolute atomic E-state index is 0.0535. The summed E-state index contributed by atoms with van der Waals surface area (Å²) in [4.78, 5) is 12.2. The third kappa shape index (κ3) is 6.90. The van der Waals surface area contributed by atoms with Gasteiger partial charge in [0, 0.05) is 0 Å². The number of nitrogens with one attached hydrogen (secondary N) is 1. The van der Waals surface area contributed by atoms with Gasteiger partial charge in [0.2, 0.25) is 0 Å². The van der Waals surface area contributed by atoms with Gasteiger partial charge in [-0.1, -0.05) is 44.4 Å². The first-order valence-corrected chi connectivity index (χ1v) is 11.3. The number of rotatable bonds is 11. The summed E-state index contributed by atoms with van der Waals surface area (Å²) >= 11 is 0. The van der Waals surface area contributed by atoms with Gasteiger partial charge in [0.25, 0.3) is 10.0 Å². The van der Waals surface area contributed by atoms with Crippen molar-refractivity contribution in [3.05, 3.63) is 29.8 Å². The van der Waals surface area contributed by atoms with E-state index in [2.05, 4.69) is 0 Å². The van der Waals surface area contributed by atoms with Crippen LogP contribution in [0.4, 0.5) is 4.79 Å². The molecule has 142 valence electrons. The molecule has 0 bridgehead atoms. The summed E-state index contributed by atoms with van der Waals surface area (Å²) in [7, 11) is -8.38. The maximum absolute atomic E-state index is 12.7. The third-order valence-corrected chi connectivity index (χ3v) is 6.47. The predicted molar refractivity (Wildman–Crippen MR) is 96.2 cm³/mol. The highest BCUT2D eigenvalue weighted by Gasteiger charge is 2.38. The Hall–Kier alpha value is -1.21. The molecule has 0 radical (unpaired) electrons. The van der Waals surface area contributed by atoms with E-state index in [4.69, 9.17) is 9.05 Å². The monoisotopic (exact) mass is 391 g/mol. The third-order valence-electron chi connectivity index (χ3n) is 3.32. The molecule has 1 amide bonds. The smallest absolute Gasteiger partial charge is 0.302 e. The molecule has 1 rings (SSSR count). The van der Waals surface area contributed by atoms with Crippen LogP contribution >= 0.6 is 7.60 Å². The van der Waals surface area contributed by atoms with Gasteiger partial charge in [-0.15, -0.1) is 0 Å². The fraction of sp³-hybridized carbons (Fsp3) is 0.562. The zero-order valence-electron chi connectivity index (χ0n) is 14.9. The van der Waals surface area contributed by atoms with E-state index in [1.54, 1.807) is 16.9 Å². The fourth-order valence-electron chi connectivity index (χ4n) is 1.76. The molecule has 9 heteroatoms. The topological polar surface area (TPSA) is 98.8 Å². The Labute approximate surface area is 149 Å². The molecule has 0 aliphatic heterocycles. The molecular weight excluding hydrogens is 365 g/mol. The maximum atomic E-state index is 12.7. The van der Waals surface area contributed by atoms with Crippen molar-refractivity contribution >= 4 is 23.3 Å². The van der Waals surface area contributed by atoms with Gasteiger partial charge in [0.15, 0.2) is 0 Å². The molecule has 0 spiro atoms. The number of carbonyl (C=O) groups excluding carboxylic acids is 1. The SMILES string of the molecule is CCCCOP(=O)(OCCCC)C(=O)NS(=O)(=O)c1ccc(C)cc1. The van der Waals surface area contributed by atoms with Crippen molar-refractivity contribution in [2.24, 2.45) is 0 Å². The van der Waals surface area contributed by atoms with E-state index in [9.17, 15) is 17.8 Å². The van der Waals surface area contributed by atoms with Crippen molar-refractivity contribution < 1.29 is 26.8 Å². The molecule has 1 N–H and O–H groups in total. The Morgan fingerprint density at radius 3 is 1.96 bits per heavy atom. The van der Waals surface area contributed by atoms with E-state index in [1.165, 1.54) is 12.1 Å². The average Bonchev–Trinajstić information content (AvgIpc) is 2.55. The van der Waals surface area contributed by atoms with E-state index in [0.717, 1.165) is 18.4 Å². The minimum atomic E-state index is -4.23. The van der Waals surface area contributed by atoms with Crippen molar-refractivity contribution in [3.63, 3.8) is 0 Å². The molecule has 25 heavy (non-hydrogen) atoms. The molecule has 0 aliphatic carbocycles. The first-order chi connectivity index (χ1) is 11.7. The molecule has 0 atom stereocenters. The maximum Gasteiger partial charge on any atom is 0.419 e.